The number of nitrogens with zero attached hydrogens (tertiary/aromatic N) is 1. The van der Waals surface area contributed by atoms with Crippen molar-refractivity contribution in [3.05, 3.63) is 18.2 Å². The van der Waals surface area contributed by atoms with E-state index < -0.39 is 11.6 Å². The molecule has 1 aromatic carbocycles. The molecule has 0 saturated carbocycles. The molecule has 0 bridgehead atoms. The van der Waals surface area contributed by atoms with E-state index in [-0.39, 0.29) is 6.79 Å². The zero-order valence-corrected chi connectivity index (χ0v) is 14.1. The minimum atomic E-state index is -1.19. The summed E-state index contributed by atoms with van der Waals surface area (Å²) in [5, 5.41) is 9.82. The Morgan fingerprint density at radius 1 is 1.16 bits per heavy atom. The van der Waals surface area contributed by atoms with E-state index in [2.05, 4.69) is 4.90 Å². The van der Waals surface area contributed by atoms with Crippen molar-refractivity contribution in [2.75, 3.05) is 33.1 Å². The standard InChI is InChI=1S/C18H23NO6/c20-17(21)18(25-14-1-2-15-16(11-14)24-12-23-15)5-7-19(8-6-18)13-3-9-22-10-4-13/h1-2,11,13H,3-10,12H2,(H,20,21). The fraction of sp³-hybridized carbons (Fsp3) is 0.611. The lowest BCUT2D eigenvalue weighted by Gasteiger charge is -2.43. The quantitative estimate of drug-likeness (QED) is 0.889. The SMILES string of the molecule is O=C(O)C1(Oc2ccc3c(c2)OCO3)CCN(C2CCOCC2)CC1. The number of hydrogen-bond donors (Lipinski definition) is 1. The Kier molecular flexibility index (Phi) is 4.43. The zero-order chi connectivity index (χ0) is 17.3. The van der Waals surface area contributed by atoms with Crippen LogP contribution in [-0.4, -0.2) is 60.7 Å². The molecule has 7 heteroatoms. The number of carboxylic acids is 1. The minimum absolute atomic E-state index is 0.183. The molecule has 2 saturated heterocycles. The molecule has 0 aliphatic carbocycles. The van der Waals surface area contributed by atoms with Gasteiger partial charge in [-0.05, 0) is 25.0 Å². The van der Waals surface area contributed by atoms with Crippen LogP contribution in [0.3, 0.4) is 0 Å². The van der Waals surface area contributed by atoms with E-state index in [9.17, 15) is 9.90 Å². The zero-order valence-electron chi connectivity index (χ0n) is 14.1. The highest BCUT2D eigenvalue weighted by Gasteiger charge is 2.45. The molecular formula is C18H23NO6. The van der Waals surface area contributed by atoms with Gasteiger partial charge in [0, 0.05) is 51.3 Å². The molecule has 7 nitrogen and oxygen atoms in total. The van der Waals surface area contributed by atoms with Crippen LogP contribution in [0.5, 0.6) is 17.2 Å². The van der Waals surface area contributed by atoms with Crippen LogP contribution in [0.1, 0.15) is 25.7 Å². The number of aliphatic carboxylic acids is 1. The molecule has 3 aliphatic rings. The first-order valence-electron chi connectivity index (χ1n) is 8.80. The second-order valence-electron chi connectivity index (χ2n) is 6.80. The number of benzene rings is 1. The number of ether oxygens (including phenoxy) is 4. The second kappa shape index (κ2) is 6.72. The van der Waals surface area contributed by atoms with Gasteiger partial charge in [0.05, 0.1) is 0 Å². The van der Waals surface area contributed by atoms with Gasteiger partial charge in [-0.1, -0.05) is 0 Å². The summed E-state index contributed by atoms with van der Waals surface area (Å²) in [5.74, 6) is 0.853. The Morgan fingerprint density at radius 3 is 2.60 bits per heavy atom. The molecule has 0 spiro atoms. The number of likely N-dealkylation sites (tertiary alicyclic amines) is 1. The first-order valence-corrected chi connectivity index (χ1v) is 8.80. The fourth-order valence-corrected chi connectivity index (χ4v) is 3.83. The molecule has 2 fully saturated rings. The average Bonchev–Trinajstić information content (AvgIpc) is 3.11. The van der Waals surface area contributed by atoms with Crippen LogP contribution in [0.25, 0.3) is 0 Å². The van der Waals surface area contributed by atoms with Crippen LogP contribution in [-0.2, 0) is 9.53 Å². The summed E-state index contributed by atoms with van der Waals surface area (Å²) in [4.78, 5) is 14.4. The Bertz CT molecular complexity index is 634. The van der Waals surface area contributed by atoms with Crippen LogP contribution >= 0.6 is 0 Å². The number of carbonyl (C=O) groups is 1. The van der Waals surface area contributed by atoms with Gasteiger partial charge in [0.15, 0.2) is 11.5 Å². The topological polar surface area (TPSA) is 77.5 Å². The summed E-state index contributed by atoms with van der Waals surface area (Å²) < 4.78 is 22.0. The summed E-state index contributed by atoms with van der Waals surface area (Å²) in [6.45, 7) is 3.21. The van der Waals surface area contributed by atoms with Crippen LogP contribution in [0.2, 0.25) is 0 Å². The number of fused-ring (bicyclic) bond motifs is 1. The number of piperidine rings is 1. The largest absolute Gasteiger partial charge is 0.478 e. The highest BCUT2D eigenvalue weighted by atomic mass is 16.7. The van der Waals surface area contributed by atoms with Crippen LogP contribution < -0.4 is 14.2 Å². The third-order valence-electron chi connectivity index (χ3n) is 5.36. The van der Waals surface area contributed by atoms with Gasteiger partial charge in [0.25, 0.3) is 0 Å². The molecule has 136 valence electrons. The summed E-state index contributed by atoms with van der Waals surface area (Å²) >= 11 is 0. The third kappa shape index (κ3) is 3.26. The minimum Gasteiger partial charge on any atom is -0.478 e. The molecule has 3 aliphatic heterocycles. The second-order valence-corrected chi connectivity index (χ2v) is 6.80. The Balaban J connectivity index is 1.45. The Labute approximate surface area is 146 Å². The van der Waals surface area contributed by atoms with E-state index >= 15 is 0 Å². The van der Waals surface area contributed by atoms with Crippen molar-refractivity contribution in [1.29, 1.82) is 0 Å². The third-order valence-corrected chi connectivity index (χ3v) is 5.36. The smallest absolute Gasteiger partial charge is 0.348 e. The molecule has 1 N–H and O–H groups in total. The van der Waals surface area contributed by atoms with Gasteiger partial charge in [0.2, 0.25) is 12.4 Å². The molecule has 0 radical (unpaired) electrons. The maximum Gasteiger partial charge on any atom is 0.348 e. The van der Waals surface area contributed by atoms with Gasteiger partial charge in [-0.15, -0.1) is 0 Å². The van der Waals surface area contributed by atoms with E-state index in [0.717, 1.165) is 39.1 Å². The molecule has 0 atom stereocenters. The van der Waals surface area contributed by atoms with E-state index in [1.807, 2.05) is 0 Å². The molecule has 25 heavy (non-hydrogen) atoms. The van der Waals surface area contributed by atoms with Gasteiger partial charge in [0.1, 0.15) is 5.75 Å². The lowest BCUT2D eigenvalue weighted by atomic mass is 9.89. The van der Waals surface area contributed by atoms with Crippen LogP contribution in [0, 0.1) is 0 Å². The summed E-state index contributed by atoms with van der Waals surface area (Å²) in [6, 6.07) is 5.69. The van der Waals surface area contributed by atoms with Crippen LogP contribution in [0.15, 0.2) is 18.2 Å². The van der Waals surface area contributed by atoms with Gasteiger partial charge in [-0.25, -0.2) is 4.79 Å². The van der Waals surface area contributed by atoms with Crippen molar-refractivity contribution < 1.29 is 28.8 Å². The molecule has 0 unspecified atom stereocenters. The summed E-state index contributed by atoms with van der Waals surface area (Å²) in [5.41, 5.74) is -1.19. The maximum absolute atomic E-state index is 12.0. The van der Waals surface area contributed by atoms with Gasteiger partial charge in [-0.2, -0.15) is 0 Å². The summed E-state index contributed by atoms with van der Waals surface area (Å²) in [6.07, 6.45) is 2.97. The monoisotopic (exact) mass is 349 g/mol. The van der Waals surface area contributed by atoms with Crippen molar-refractivity contribution in [3.8, 4) is 17.2 Å². The van der Waals surface area contributed by atoms with Gasteiger partial charge >= 0.3 is 5.97 Å². The lowest BCUT2D eigenvalue weighted by molar-refractivity contribution is -0.160. The van der Waals surface area contributed by atoms with Gasteiger partial charge in [-0.3, -0.25) is 4.90 Å². The molecule has 1 aromatic rings. The molecular weight excluding hydrogens is 326 g/mol. The molecule has 0 amide bonds. The van der Waals surface area contributed by atoms with Crippen molar-refractivity contribution in [2.24, 2.45) is 0 Å². The van der Waals surface area contributed by atoms with Crippen LogP contribution in [0.4, 0.5) is 0 Å². The predicted molar refractivity (Wildman–Crippen MR) is 88.2 cm³/mol. The molecule has 3 heterocycles. The Hall–Kier alpha value is -1.99. The molecule has 0 aromatic heterocycles. The Morgan fingerprint density at radius 2 is 1.88 bits per heavy atom. The maximum atomic E-state index is 12.0. The molecule has 4 rings (SSSR count). The van der Waals surface area contributed by atoms with E-state index in [0.29, 0.717) is 36.1 Å². The predicted octanol–water partition coefficient (Wildman–Crippen LogP) is 1.89. The summed E-state index contributed by atoms with van der Waals surface area (Å²) in [7, 11) is 0. The van der Waals surface area contributed by atoms with Crippen molar-refractivity contribution in [1.82, 2.24) is 4.90 Å². The van der Waals surface area contributed by atoms with Crippen molar-refractivity contribution in [3.63, 3.8) is 0 Å². The van der Waals surface area contributed by atoms with E-state index in [4.69, 9.17) is 18.9 Å². The highest BCUT2D eigenvalue weighted by Crippen LogP contribution is 2.38. The first kappa shape index (κ1) is 16.5. The fourth-order valence-electron chi connectivity index (χ4n) is 3.83. The van der Waals surface area contributed by atoms with E-state index in [1.54, 1.807) is 18.2 Å². The number of carboxylic acid groups (broad SMARTS) is 1. The van der Waals surface area contributed by atoms with Crippen molar-refractivity contribution >= 4 is 5.97 Å². The number of rotatable bonds is 4. The number of hydrogen-bond acceptors (Lipinski definition) is 6. The van der Waals surface area contributed by atoms with E-state index in [1.165, 1.54) is 0 Å². The normalized spacial score (nSPS) is 23.4. The lowest BCUT2D eigenvalue weighted by Crippen LogP contribution is -2.55. The highest BCUT2D eigenvalue weighted by molar-refractivity contribution is 5.78. The average molecular weight is 349 g/mol. The van der Waals surface area contributed by atoms with Gasteiger partial charge < -0.3 is 24.1 Å². The first-order chi connectivity index (χ1) is 12.2. The van der Waals surface area contributed by atoms with Crippen molar-refractivity contribution in [2.45, 2.75) is 37.3 Å².